The minimum absolute atomic E-state index is 0.186. The van der Waals surface area contributed by atoms with Gasteiger partial charge in [-0.25, -0.2) is 0 Å². The smallest absolute Gasteiger partial charge is 0.416 e. The van der Waals surface area contributed by atoms with Crippen molar-refractivity contribution in [3.05, 3.63) is 53.6 Å². The Morgan fingerprint density at radius 2 is 1.85 bits per heavy atom. The molecule has 0 N–H and O–H groups in total. The molecule has 20 heavy (non-hydrogen) atoms. The van der Waals surface area contributed by atoms with Gasteiger partial charge in [0.2, 0.25) is 0 Å². The van der Waals surface area contributed by atoms with Gasteiger partial charge in [-0.2, -0.15) is 18.4 Å². The van der Waals surface area contributed by atoms with Crippen LogP contribution in [0.3, 0.4) is 0 Å². The van der Waals surface area contributed by atoms with Gasteiger partial charge in [0.25, 0.3) is 0 Å². The summed E-state index contributed by atoms with van der Waals surface area (Å²) in [4.78, 5) is 0. The third-order valence-electron chi connectivity index (χ3n) is 2.85. The normalized spacial score (nSPS) is 10.9. The predicted molar refractivity (Wildman–Crippen MR) is 68.1 cm³/mol. The Balaban J connectivity index is 2.62. The van der Waals surface area contributed by atoms with Crippen LogP contribution in [0.1, 0.15) is 11.1 Å². The summed E-state index contributed by atoms with van der Waals surface area (Å²) in [5, 5.41) is 9.04. The number of nitriles is 1. The highest BCUT2D eigenvalue weighted by Gasteiger charge is 2.31. The van der Waals surface area contributed by atoms with Crippen LogP contribution < -0.4 is 4.74 Å². The van der Waals surface area contributed by atoms with E-state index in [0.717, 1.165) is 12.1 Å². The van der Waals surface area contributed by atoms with Crippen LogP contribution in [0.15, 0.2) is 42.5 Å². The van der Waals surface area contributed by atoms with Gasteiger partial charge in [0.05, 0.1) is 24.3 Å². The van der Waals surface area contributed by atoms with Crippen molar-refractivity contribution in [1.82, 2.24) is 0 Å². The Morgan fingerprint density at radius 3 is 2.45 bits per heavy atom. The second-order valence-corrected chi connectivity index (χ2v) is 4.10. The van der Waals surface area contributed by atoms with Gasteiger partial charge in [0.15, 0.2) is 0 Å². The topological polar surface area (TPSA) is 33.0 Å². The zero-order valence-electron chi connectivity index (χ0n) is 10.5. The molecule has 0 spiro atoms. The van der Waals surface area contributed by atoms with E-state index in [-0.39, 0.29) is 11.1 Å². The maximum absolute atomic E-state index is 12.8. The number of hydrogen-bond acceptors (Lipinski definition) is 2. The molecule has 2 nitrogen and oxygen atoms in total. The Kier molecular flexibility index (Phi) is 3.66. The first kappa shape index (κ1) is 13.9. The van der Waals surface area contributed by atoms with Crippen molar-refractivity contribution < 1.29 is 17.9 Å². The molecule has 0 saturated heterocycles. The lowest BCUT2D eigenvalue weighted by atomic mass is 9.97. The molecule has 2 aromatic rings. The van der Waals surface area contributed by atoms with E-state index in [4.69, 9.17) is 10.00 Å². The van der Waals surface area contributed by atoms with Crippen molar-refractivity contribution >= 4 is 0 Å². The van der Waals surface area contributed by atoms with Gasteiger partial charge >= 0.3 is 6.18 Å². The number of methoxy groups -OCH3 is 1. The third kappa shape index (κ3) is 2.75. The zero-order chi connectivity index (χ0) is 14.8. The zero-order valence-corrected chi connectivity index (χ0v) is 10.5. The van der Waals surface area contributed by atoms with Crippen LogP contribution in [0.2, 0.25) is 0 Å². The lowest BCUT2D eigenvalue weighted by Crippen LogP contribution is -2.05. The molecular formula is C15H10F3NO. The SMILES string of the molecule is COc1cccc(-c2cc(C(F)(F)F)ccc2C#N)c1. The number of halogens is 3. The molecule has 2 rings (SSSR count). The van der Waals surface area contributed by atoms with Gasteiger partial charge in [0, 0.05) is 5.56 Å². The molecule has 0 fully saturated rings. The highest BCUT2D eigenvalue weighted by molar-refractivity contribution is 5.72. The maximum Gasteiger partial charge on any atom is 0.416 e. The molecule has 0 heterocycles. The first-order chi connectivity index (χ1) is 9.45. The summed E-state index contributed by atoms with van der Waals surface area (Å²) in [6.45, 7) is 0. The van der Waals surface area contributed by atoms with Crippen LogP contribution in [-0.4, -0.2) is 7.11 Å². The van der Waals surface area contributed by atoms with Crippen LogP contribution >= 0.6 is 0 Å². The molecule has 0 aromatic heterocycles. The number of benzene rings is 2. The fourth-order valence-electron chi connectivity index (χ4n) is 1.85. The summed E-state index contributed by atoms with van der Waals surface area (Å²) in [6.07, 6.45) is -4.44. The molecule has 0 atom stereocenters. The number of rotatable bonds is 2. The van der Waals surface area contributed by atoms with E-state index in [2.05, 4.69) is 0 Å². The lowest BCUT2D eigenvalue weighted by molar-refractivity contribution is -0.137. The second kappa shape index (κ2) is 5.25. The summed E-state index contributed by atoms with van der Waals surface area (Å²) in [5.74, 6) is 0.517. The minimum Gasteiger partial charge on any atom is -0.497 e. The third-order valence-corrected chi connectivity index (χ3v) is 2.85. The molecule has 0 bridgehead atoms. The fraction of sp³-hybridized carbons (Fsp3) is 0.133. The Hall–Kier alpha value is -2.48. The van der Waals surface area contributed by atoms with Crippen LogP contribution in [0.25, 0.3) is 11.1 Å². The molecule has 2 aromatic carbocycles. The molecule has 0 unspecified atom stereocenters. The van der Waals surface area contributed by atoms with Crippen LogP contribution in [0.5, 0.6) is 5.75 Å². The Bertz CT molecular complexity index is 672. The first-order valence-electron chi connectivity index (χ1n) is 5.71. The van der Waals surface area contributed by atoms with Crippen molar-refractivity contribution in [2.24, 2.45) is 0 Å². The molecule has 5 heteroatoms. The summed E-state index contributed by atoms with van der Waals surface area (Å²) < 4.78 is 43.3. The van der Waals surface area contributed by atoms with Gasteiger partial charge in [-0.3, -0.25) is 0 Å². The summed E-state index contributed by atoms with van der Waals surface area (Å²) in [7, 11) is 1.47. The highest BCUT2D eigenvalue weighted by atomic mass is 19.4. The molecule has 0 saturated carbocycles. The molecule has 0 radical (unpaired) electrons. The van der Waals surface area contributed by atoms with E-state index in [1.165, 1.54) is 13.2 Å². The molecule has 0 aliphatic rings. The van der Waals surface area contributed by atoms with Crippen molar-refractivity contribution in [2.75, 3.05) is 7.11 Å². The van der Waals surface area contributed by atoms with Crippen molar-refractivity contribution in [1.29, 1.82) is 5.26 Å². The largest absolute Gasteiger partial charge is 0.497 e. The number of ether oxygens (including phenoxy) is 1. The molecule has 0 aliphatic carbocycles. The van der Waals surface area contributed by atoms with Gasteiger partial charge in [-0.15, -0.1) is 0 Å². The van der Waals surface area contributed by atoms with E-state index in [0.29, 0.717) is 11.3 Å². The predicted octanol–water partition coefficient (Wildman–Crippen LogP) is 4.25. The molecule has 102 valence electrons. The van der Waals surface area contributed by atoms with E-state index in [1.54, 1.807) is 24.3 Å². The fourth-order valence-corrected chi connectivity index (χ4v) is 1.85. The minimum atomic E-state index is -4.44. The maximum atomic E-state index is 12.8. The van der Waals surface area contributed by atoms with Gasteiger partial charge in [-0.1, -0.05) is 12.1 Å². The standard InChI is InChI=1S/C15H10F3NO/c1-20-13-4-2-3-10(7-13)14-8-12(15(16,17)18)6-5-11(14)9-19/h2-8H,1H3. The second-order valence-electron chi connectivity index (χ2n) is 4.10. The van der Waals surface area contributed by atoms with Crippen LogP contribution in [0, 0.1) is 11.3 Å². The molecule has 0 amide bonds. The van der Waals surface area contributed by atoms with Crippen molar-refractivity contribution in [3.63, 3.8) is 0 Å². The van der Waals surface area contributed by atoms with E-state index in [1.807, 2.05) is 6.07 Å². The summed E-state index contributed by atoms with van der Waals surface area (Å²) >= 11 is 0. The quantitative estimate of drug-likeness (QED) is 0.822. The Morgan fingerprint density at radius 1 is 1.10 bits per heavy atom. The van der Waals surface area contributed by atoms with Gasteiger partial charge < -0.3 is 4.74 Å². The monoisotopic (exact) mass is 277 g/mol. The summed E-state index contributed by atoms with van der Waals surface area (Å²) in [6, 6.07) is 11.5. The van der Waals surface area contributed by atoms with Crippen LogP contribution in [-0.2, 0) is 6.18 Å². The van der Waals surface area contributed by atoms with Gasteiger partial charge in [0.1, 0.15) is 5.75 Å². The first-order valence-corrected chi connectivity index (χ1v) is 5.71. The Labute approximate surface area is 114 Å². The number of nitrogens with zero attached hydrogens (tertiary/aromatic N) is 1. The molecular weight excluding hydrogens is 267 g/mol. The summed E-state index contributed by atoms with van der Waals surface area (Å²) in [5.41, 5.74) is 0.147. The molecule has 0 aliphatic heterocycles. The number of hydrogen-bond donors (Lipinski definition) is 0. The van der Waals surface area contributed by atoms with Crippen molar-refractivity contribution in [2.45, 2.75) is 6.18 Å². The van der Waals surface area contributed by atoms with E-state index in [9.17, 15) is 13.2 Å². The average Bonchev–Trinajstić information content (AvgIpc) is 2.45. The average molecular weight is 277 g/mol. The van der Waals surface area contributed by atoms with E-state index >= 15 is 0 Å². The highest BCUT2D eigenvalue weighted by Crippen LogP contribution is 2.34. The van der Waals surface area contributed by atoms with E-state index < -0.39 is 11.7 Å². The number of alkyl halides is 3. The van der Waals surface area contributed by atoms with Crippen LogP contribution in [0.4, 0.5) is 13.2 Å². The lowest BCUT2D eigenvalue weighted by Gasteiger charge is -2.11. The van der Waals surface area contributed by atoms with Gasteiger partial charge in [-0.05, 0) is 35.9 Å². The van der Waals surface area contributed by atoms with Crippen molar-refractivity contribution in [3.8, 4) is 22.9 Å².